The van der Waals surface area contributed by atoms with Gasteiger partial charge < -0.3 is 5.32 Å². The average molecular weight is 488 g/mol. The molecule has 0 aliphatic carbocycles. The molecule has 1 atom stereocenters. The minimum absolute atomic E-state index is 0.0124. The van der Waals surface area contributed by atoms with E-state index >= 15 is 0 Å². The number of nitrogens with one attached hydrogen (secondary N) is 1. The molecule has 1 aromatic heterocycles. The van der Waals surface area contributed by atoms with E-state index in [0.717, 1.165) is 21.7 Å². The number of carbonyl (C=O) groups is 2. The Hall–Kier alpha value is -3.94. The summed E-state index contributed by atoms with van der Waals surface area (Å²) in [6.45, 7) is 0. The minimum atomic E-state index is -0.447. The zero-order valence-corrected chi connectivity index (χ0v) is 19.0. The normalized spacial score (nSPS) is 16.7. The Kier molecular flexibility index (Phi) is 4.76. The summed E-state index contributed by atoms with van der Waals surface area (Å²) in [7, 11) is 0. The molecule has 2 amide bonds. The summed E-state index contributed by atoms with van der Waals surface area (Å²) in [6.07, 6.45) is 2.00. The predicted octanol–water partition coefficient (Wildman–Crippen LogP) is 5.44. The Morgan fingerprint density at radius 3 is 2.00 bits per heavy atom. The second kappa shape index (κ2) is 7.83. The van der Waals surface area contributed by atoms with Crippen LogP contribution in [0.1, 0.15) is 37.9 Å². The molecule has 0 spiro atoms. The van der Waals surface area contributed by atoms with Gasteiger partial charge in [-0.2, -0.15) is 4.98 Å². The zero-order valence-electron chi connectivity index (χ0n) is 17.4. The molecule has 2 aliphatic rings. The van der Waals surface area contributed by atoms with E-state index in [1.54, 1.807) is 53.2 Å². The first-order valence-corrected chi connectivity index (χ1v) is 11.2. The molecule has 4 aromatic rings. The summed E-state index contributed by atoms with van der Waals surface area (Å²) < 4.78 is 1.65. The lowest BCUT2D eigenvalue weighted by Gasteiger charge is -2.24. The van der Waals surface area contributed by atoms with E-state index in [0.29, 0.717) is 27.1 Å². The van der Waals surface area contributed by atoms with Crippen molar-refractivity contribution in [3.8, 4) is 0 Å². The van der Waals surface area contributed by atoms with Crippen LogP contribution >= 0.6 is 23.2 Å². The summed E-state index contributed by atoms with van der Waals surface area (Å²) in [5.74, 6) is -0.479. The fourth-order valence-electron chi connectivity index (χ4n) is 4.14. The molecule has 3 heterocycles. The molecule has 0 unspecified atom stereocenters. The van der Waals surface area contributed by atoms with Gasteiger partial charge in [0.2, 0.25) is 5.95 Å². The van der Waals surface area contributed by atoms with Crippen LogP contribution in [0.25, 0.3) is 5.70 Å². The molecular formula is C25H15Cl2N5O2. The van der Waals surface area contributed by atoms with Gasteiger partial charge in [0.05, 0.1) is 11.1 Å². The largest absolute Gasteiger partial charge is 0.324 e. The fourth-order valence-corrected chi connectivity index (χ4v) is 4.39. The Morgan fingerprint density at radius 1 is 0.794 bits per heavy atom. The Balaban J connectivity index is 1.45. The van der Waals surface area contributed by atoms with Crippen molar-refractivity contribution in [2.24, 2.45) is 0 Å². The first-order chi connectivity index (χ1) is 16.5. The van der Waals surface area contributed by atoms with Crippen molar-refractivity contribution in [3.05, 3.63) is 111 Å². The van der Waals surface area contributed by atoms with Crippen LogP contribution < -0.4 is 10.2 Å². The molecule has 34 heavy (non-hydrogen) atoms. The van der Waals surface area contributed by atoms with Crippen LogP contribution in [0.3, 0.4) is 0 Å². The standard InChI is InChI=1S/C25H15Cl2N5O2/c26-16-9-5-14(6-10-16)20-13-21(15-7-11-17(27)12-8-15)32-24(28-20)29-25(30-32)31-22(33)18-3-1-2-4-19(18)23(31)34/h1-13,21H,(H,28,29,30)/t21-/m1/s1. The first kappa shape index (κ1) is 20.7. The Morgan fingerprint density at radius 2 is 1.38 bits per heavy atom. The summed E-state index contributed by atoms with van der Waals surface area (Å²) in [6, 6.07) is 21.2. The maximum atomic E-state index is 13.0. The van der Waals surface area contributed by atoms with Gasteiger partial charge in [-0.15, -0.1) is 5.10 Å². The lowest BCUT2D eigenvalue weighted by atomic mass is 10.0. The van der Waals surface area contributed by atoms with Gasteiger partial charge in [0, 0.05) is 15.7 Å². The molecule has 7 nitrogen and oxygen atoms in total. The molecular weight excluding hydrogens is 473 g/mol. The summed E-state index contributed by atoms with van der Waals surface area (Å²) >= 11 is 12.2. The number of halogens is 2. The van der Waals surface area contributed by atoms with Crippen LogP contribution in [0.2, 0.25) is 10.0 Å². The van der Waals surface area contributed by atoms with Crippen LogP contribution in [0, 0.1) is 0 Å². The van der Waals surface area contributed by atoms with E-state index in [1.807, 2.05) is 30.3 Å². The van der Waals surface area contributed by atoms with Gasteiger partial charge in [-0.05, 0) is 53.6 Å². The number of carbonyl (C=O) groups excluding carboxylic acids is 2. The summed E-state index contributed by atoms with van der Waals surface area (Å²) in [5.41, 5.74) is 3.28. The van der Waals surface area contributed by atoms with Crippen molar-refractivity contribution >= 4 is 52.6 Å². The second-order valence-corrected chi connectivity index (χ2v) is 8.75. The third kappa shape index (κ3) is 3.29. The van der Waals surface area contributed by atoms with Gasteiger partial charge in [-0.3, -0.25) is 9.59 Å². The van der Waals surface area contributed by atoms with Gasteiger partial charge in [-0.1, -0.05) is 59.6 Å². The third-order valence-electron chi connectivity index (χ3n) is 5.82. The number of hydrogen-bond acceptors (Lipinski definition) is 5. The van der Waals surface area contributed by atoms with Crippen molar-refractivity contribution in [3.63, 3.8) is 0 Å². The van der Waals surface area contributed by atoms with Crippen molar-refractivity contribution in [2.45, 2.75) is 6.04 Å². The van der Waals surface area contributed by atoms with Gasteiger partial charge >= 0.3 is 0 Å². The van der Waals surface area contributed by atoms with Gasteiger partial charge in [0.15, 0.2) is 0 Å². The number of amides is 2. The lowest BCUT2D eigenvalue weighted by Crippen LogP contribution is -2.30. The second-order valence-electron chi connectivity index (χ2n) is 7.88. The first-order valence-electron chi connectivity index (χ1n) is 10.4. The molecule has 0 saturated heterocycles. The third-order valence-corrected chi connectivity index (χ3v) is 6.32. The van der Waals surface area contributed by atoms with Gasteiger partial charge in [0.25, 0.3) is 17.8 Å². The van der Waals surface area contributed by atoms with Gasteiger partial charge in [0.1, 0.15) is 6.04 Å². The van der Waals surface area contributed by atoms with E-state index in [2.05, 4.69) is 15.4 Å². The number of anilines is 2. The number of imide groups is 1. The van der Waals surface area contributed by atoms with Crippen LogP contribution in [0.15, 0.2) is 78.9 Å². The number of rotatable bonds is 3. The summed E-state index contributed by atoms with van der Waals surface area (Å²) in [5, 5.41) is 9.08. The number of allylic oxidation sites excluding steroid dienone is 1. The van der Waals surface area contributed by atoms with Crippen molar-refractivity contribution in [1.82, 2.24) is 14.8 Å². The highest BCUT2D eigenvalue weighted by Gasteiger charge is 2.40. The molecule has 166 valence electrons. The van der Waals surface area contributed by atoms with Gasteiger partial charge in [-0.25, -0.2) is 9.58 Å². The molecule has 3 aromatic carbocycles. The molecule has 0 radical (unpaired) electrons. The van der Waals surface area contributed by atoms with E-state index < -0.39 is 11.8 Å². The maximum Gasteiger partial charge on any atom is 0.268 e. The quantitative estimate of drug-likeness (QED) is 0.389. The molecule has 0 bridgehead atoms. The topological polar surface area (TPSA) is 80.1 Å². The highest BCUT2D eigenvalue weighted by molar-refractivity contribution is 6.34. The van der Waals surface area contributed by atoms with Crippen LogP contribution in [-0.2, 0) is 0 Å². The average Bonchev–Trinajstić information content (AvgIpc) is 3.38. The van der Waals surface area contributed by atoms with E-state index in [1.165, 1.54) is 0 Å². The number of aromatic nitrogens is 3. The van der Waals surface area contributed by atoms with Crippen LogP contribution in [0.4, 0.5) is 11.9 Å². The zero-order chi connectivity index (χ0) is 23.4. The predicted molar refractivity (Wildman–Crippen MR) is 130 cm³/mol. The van der Waals surface area contributed by atoms with Crippen molar-refractivity contribution < 1.29 is 9.59 Å². The van der Waals surface area contributed by atoms with E-state index in [-0.39, 0.29) is 12.0 Å². The smallest absolute Gasteiger partial charge is 0.268 e. The van der Waals surface area contributed by atoms with Crippen LogP contribution in [0.5, 0.6) is 0 Å². The molecule has 0 fully saturated rings. The van der Waals surface area contributed by atoms with Crippen molar-refractivity contribution in [1.29, 1.82) is 0 Å². The fraction of sp³-hybridized carbons (Fsp3) is 0.0400. The number of benzene rings is 3. The maximum absolute atomic E-state index is 13.0. The Bertz CT molecular complexity index is 1460. The highest BCUT2D eigenvalue weighted by Crippen LogP contribution is 2.36. The molecule has 6 rings (SSSR count). The molecule has 2 aliphatic heterocycles. The lowest BCUT2D eigenvalue weighted by molar-refractivity contribution is 0.0924. The SMILES string of the molecule is O=C1c2ccccc2C(=O)N1c1nc2n(n1)[C@@H](c1ccc(Cl)cc1)C=C(c1ccc(Cl)cc1)N2. The van der Waals surface area contributed by atoms with Crippen LogP contribution in [-0.4, -0.2) is 26.6 Å². The number of fused-ring (bicyclic) bond motifs is 2. The Labute approximate surface area is 204 Å². The monoisotopic (exact) mass is 487 g/mol. The number of nitrogens with zero attached hydrogens (tertiary/aromatic N) is 4. The molecule has 1 N–H and O–H groups in total. The minimum Gasteiger partial charge on any atom is -0.324 e. The molecule has 0 saturated carbocycles. The summed E-state index contributed by atoms with van der Waals surface area (Å²) in [4.78, 5) is 31.5. The van der Waals surface area contributed by atoms with E-state index in [9.17, 15) is 9.59 Å². The van der Waals surface area contributed by atoms with Crippen molar-refractivity contribution in [2.75, 3.05) is 10.2 Å². The highest BCUT2D eigenvalue weighted by atomic mass is 35.5. The number of hydrogen-bond donors (Lipinski definition) is 1. The van der Waals surface area contributed by atoms with E-state index in [4.69, 9.17) is 23.2 Å². The molecule has 9 heteroatoms.